The molecule has 0 aliphatic carbocycles. The zero-order chi connectivity index (χ0) is 19.1. The van der Waals surface area contributed by atoms with Gasteiger partial charge in [0.15, 0.2) is 0 Å². The molecule has 1 rings (SSSR count). The lowest BCUT2D eigenvalue weighted by atomic mass is 9.92. The van der Waals surface area contributed by atoms with Crippen LogP contribution >= 0.6 is 0 Å². The minimum absolute atomic E-state index is 0.195. The van der Waals surface area contributed by atoms with Gasteiger partial charge in [0.05, 0.1) is 19.3 Å². The molecule has 1 aliphatic rings. The summed E-state index contributed by atoms with van der Waals surface area (Å²) < 4.78 is 31.9. The predicted octanol–water partition coefficient (Wildman–Crippen LogP) is 4.49. The molecule has 0 spiro atoms. The molecule has 0 bridgehead atoms. The summed E-state index contributed by atoms with van der Waals surface area (Å²) in [5.41, 5.74) is 2.32. The third-order valence-corrected chi connectivity index (χ3v) is 6.21. The average Bonchev–Trinajstić information content (AvgIpc) is 2.69. The molecule has 0 aromatic carbocycles. The van der Waals surface area contributed by atoms with E-state index >= 15 is 0 Å². The number of likely N-dealkylation sites (N-methyl/N-ethyl adjacent to an activating group) is 1. The molecule has 1 N–H and O–H groups in total. The van der Waals surface area contributed by atoms with E-state index in [-0.39, 0.29) is 5.75 Å². The normalized spacial score (nSPS) is 29.0. The standard InChI is InChI=1S/C20H33NO3S/c1-6-8-10-11-14-20-17(3)19(13-9-7-2)18(4)21(20,5)15-12-16-25(22,23)24/h6-7,9,13,17,20H,1,4,8,10-12,14-16H2,2-3,5H3/p+1. The number of nitrogens with zero attached hydrogens (tertiary/aromatic N) is 1. The molecule has 0 aromatic heterocycles. The van der Waals surface area contributed by atoms with Gasteiger partial charge in [0.1, 0.15) is 11.7 Å². The van der Waals surface area contributed by atoms with E-state index < -0.39 is 10.1 Å². The van der Waals surface area contributed by atoms with E-state index in [9.17, 15) is 8.42 Å². The second-order valence-electron chi connectivity index (χ2n) is 7.15. The Hall–Kier alpha value is -1.17. The summed E-state index contributed by atoms with van der Waals surface area (Å²) in [7, 11) is -1.77. The molecular weight excluding hydrogens is 334 g/mol. The second-order valence-corrected chi connectivity index (χ2v) is 8.73. The predicted molar refractivity (Wildman–Crippen MR) is 106 cm³/mol. The van der Waals surface area contributed by atoms with Crippen LogP contribution in [0.1, 0.15) is 46.0 Å². The number of rotatable bonds is 10. The molecule has 25 heavy (non-hydrogen) atoms. The molecule has 1 fully saturated rings. The van der Waals surface area contributed by atoms with Crippen LogP contribution < -0.4 is 0 Å². The van der Waals surface area contributed by atoms with Crippen LogP contribution in [0.5, 0.6) is 0 Å². The molecule has 0 radical (unpaired) electrons. The summed E-state index contributed by atoms with van der Waals surface area (Å²) in [5.74, 6) is 0.183. The summed E-state index contributed by atoms with van der Waals surface area (Å²) in [5, 5.41) is 0. The van der Waals surface area contributed by atoms with Gasteiger partial charge in [-0.05, 0) is 32.8 Å². The number of likely N-dealkylation sites (tertiary alicyclic amines) is 1. The fourth-order valence-electron chi connectivity index (χ4n) is 3.96. The van der Waals surface area contributed by atoms with Gasteiger partial charge in [0.2, 0.25) is 0 Å². The van der Waals surface area contributed by atoms with E-state index in [0.717, 1.165) is 31.4 Å². The molecule has 0 aromatic rings. The number of hydrogen-bond donors (Lipinski definition) is 1. The molecule has 3 unspecified atom stereocenters. The second kappa shape index (κ2) is 9.51. The Labute approximate surface area is 154 Å². The molecule has 142 valence electrons. The lowest BCUT2D eigenvalue weighted by Gasteiger charge is -2.37. The fraction of sp³-hybridized carbons (Fsp3) is 0.600. The van der Waals surface area contributed by atoms with E-state index in [4.69, 9.17) is 4.55 Å². The van der Waals surface area contributed by atoms with Crippen molar-refractivity contribution < 1.29 is 17.5 Å². The smallest absolute Gasteiger partial charge is 0.265 e. The van der Waals surface area contributed by atoms with E-state index in [2.05, 4.69) is 33.2 Å². The van der Waals surface area contributed by atoms with Crippen molar-refractivity contribution in [2.45, 2.75) is 52.0 Å². The zero-order valence-corrected chi connectivity index (χ0v) is 16.8. The van der Waals surface area contributed by atoms with Crippen LogP contribution in [0.25, 0.3) is 0 Å². The highest BCUT2D eigenvalue weighted by Crippen LogP contribution is 2.44. The van der Waals surface area contributed by atoms with E-state index in [0.29, 0.717) is 29.4 Å². The first-order valence-electron chi connectivity index (χ1n) is 9.11. The molecule has 4 nitrogen and oxygen atoms in total. The fourth-order valence-corrected chi connectivity index (χ4v) is 4.45. The van der Waals surface area contributed by atoms with Crippen molar-refractivity contribution in [2.75, 3.05) is 19.3 Å². The van der Waals surface area contributed by atoms with Crippen molar-refractivity contribution in [1.82, 2.24) is 0 Å². The summed E-state index contributed by atoms with van der Waals surface area (Å²) in [4.78, 5) is 0. The quantitative estimate of drug-likeness (QED) is 0.267. The summed E-state index contributed by atoms with van der Waals surface area (Å²) in [6.45, 7) is 13.0. The topological polar surface area (TPSA) is 54.4 Å². The highest BCUT2D eigenvalue weighted by atomic mass is 32.2. The molecule has 5 heteroatoms. The van der Waals surface area contributed by atoms with Crippen LogP contribution in [0.2, 0.25) is 0 Å². The van der Waals surface area contributed by atoms with Gasteiger partial charge in [-0.15, -0.1) is 6.58 Å². The minimum Gasteiger partial charge on any atom is -0.291 e. The zero-order valence-electron chi connectivity index (χ0n) is 15.9. The number of allylic oxidation sites excluding steroid dienone is 5. The van der Waals surface area contributed by atoms with Crippen LogP contribution in [-0.2, 0) is 10.1 Å². The Morgan fingerprint density at radius 3 is 2.52 bits per heavy atom. The van der Waals surface area contributed by atoms with Crippen molar-refractivity contribution in [3.8, 4) is 0 Å². The minimum atomic E-state index is -3.92. The number of hydrogen-bond acceptors (Lipinski definition) is 2. The molecule has 0 amide bonds. The molecule has 0 saturated carbocycles. The van der Waals surface area contributed by atoms with Gasteiger partial charge in [-0.3, -0.25) is 9.04 Å². The Balaban J connectivity index is 2.99. The van der Waals surface area contributed by atoms with Gasteiger partial charge in [0, 0.05) is 24.3 Å². The number of unbranched alkanes of at least 4 members (excludes halogenated alkanes) is 2. The van der Waals surface area contributed by atoms with Gasteiger partial charge in [-0.1, -0.05) is 31.2 Å². The van der Waals surface area contributed by atoms with E-state index in [1.165, 1.54) is 5.57 Å². The van der Waals surface area contributed by atoms with Gasteiger partial charge in [-0.25, -0.2) is 0 Å². The Bertz CT molecular complexity index is 633. The summed E-state index contributed by atoms with van der Waals surface area (Å²) >= 11 is 0. The van der Waals surface area contributed by atoms with E-state index in [1.54, 1.807) is 0 Å². The van der Waals surface area contributed by atoms with Crippen LogP contribution in [0.4, 0.5) is 0 Å². The lowest BCUT2D eigenvalue weighted by molar-refractivity contribution is -0.889. The van der Waals surface area contributed by atoms with E-state index in [1.807, 2.05) is 25.2 Å². The van der Waals surface area contributed by atoms with Gasteiger partial charge >= 0.3 is 0 Å². The maximum absolute atomic E-state index is 11.1. The lowest BCUT2D eigenvalue weighted by Crippen LogP contribution is -2.49. The highest BCUT2D eigenvalue weighted by molar-refractivity contribution is 7.85. The van der Waals surface area contributed by atoms with Crippen molar-refractivity contribution in [3.05, 3.63) is 48.7 Å². The van der Waals surface area contributed by atoms with Crippen LogP contribution in [0.3, 0.4) is 0 Å². The van der Waals surface area contributed by atoms with Crippen LogP contribution in [0.15, 0.2) is 48.7 Å². The molecule has 3 atom stereocenters. The molecule has 1 saturated heterocycles. The maximum Gasteiger partial charge on any atom is 0.265 e. The third-order valence-electron chi connectivity index (χ3n) is 5.40. The van der Waals surface area contributed by atoms with Crippen molar-refractivity contribution in [3.63, 3.8) is 0 Å². The first-order valence-corrected chi connectivity index (χ1v) is 10.7. The molecule has 1 heterocycles. The van der Waals surface area contributed by atoms with Crippen LogP contribution in [-0.4, -0.2) is 42.8 Å². The first kappa shape index (κ1) is 21.9. The third kappa shape index (κ3) is 5.94. The Morgan fingerprint density at radius 1 is 1.28 bits per heavy atom. The van der Waals surface area contributed by atoms with Gasteiger partial charge < -0.3 is 0 Å². The molecular formula is C20H34NO3S+. The van der Waals surface area contributed by atoms with Crippen LogP contribution in [0, 0.1) is 5.92 Å². The van der Waals surface area contributed by atoms with Crippen molar-refractivity contribution in [1.29, 1.82) is 0 Å². The SMILES string of the molecule is C=CCCCCC1C(C)C(=CC=CC)C(=C)[N+]1(C)CCCS(=O)(=O)O. The Morgan fingerprint density at radius 2 is 1.96 bits per heavy atom. The monoisotopic (exact) mass is 368 g/mol. The maximum atomic E-state index is 11.1. The Kier molecular flexibility index (Phi) is 8.32. The average molecular weight is 369 g/mol. The summed E-state index contributed by atoms with van der Waals surface area (Å²) in [6, 6.07) is 0.384. The summed E-state index contributed by atoms with van der Waals surface area (Å²) in [6.07, 6.45) is 12.9. The molecule has 1 aliphatic heterocycles. The van der Waals surface area contributed by atoms with Gasteiger partial charge in [0.25, 0.3) is 10.1 Å². The first-order chi connectivity index (χ1) is 11.7. The van der Waals surface area contributed by atoms with Crippen molar-refractivity contribution in [2.24, 2.45) is 5.92 Å². The van der Waals surface area contributed by atoms with Gasteiger partial charge in [-0.2, -0.15) is 8.42 Å². The van der Waals surface area contributed by atoms with Crippen molar-refractivity contribution >= 4 is 10.1 Å². The number of quaternary nitrogens is 1. The highest BCUT2D eigenvalue weighted by Gasteiger charge is 2.48. The largest absolute Gasteiger partial charge is 0.291 e.